The molecule has 0 fully saturated rings. The number of carbonyl (C=O) groups is 5. The van der Waals surface area contributed by atoms with Crippen LogP contribution in [-0.4, -0.2) is 82.9 Å². The average molecular weight is 907 g/mol. The molecule has 0 aliphatic rings. The first kappa shape index (κ1) is 51.0. The summed E-state index contributed by atoms with van der Waals surface area (Å²) in [7, 11) is 2.46. The van der Waals surface area contributed by atoms with Crippen molar-refractivity contribution in [2.45, 2.75) is 58.0 Å². The van der Waals surface area contributed by atoms with E-state index in [1.807, 2.05) is 24.3 Å². The molecule has 66 heavy (non-hydrogen) atoms. The van der Waals surface area contributed by atoms with E-state index in [1.165, 1.54) is 50.9 Å². The van der Waals surface area contributed by atoms with Crippen molar-refractivity contribution >= 4 is 42.3 Å². The van der Waals surface area contributed by atoms with Crippen LogP contribution in [0.15, 0.2) is 120 Å². The second kappa shape index (κ2) is 29.0. The van der Waals surface area contributed by atoms with Crippen LogP contribution in [-0.2, 0) is 40.0 Å². The number of benzene rings is 4. The van der Waals surface area contributed by atoms with Crippen molar-refractivity contribution in [3.05, 3.63) is 144 Å². The van der Waals surface area contributed by atoms with Crippen molar-refractivity contribution < 1.29 is 66.9 Å². The highest BCUT2D eigenvalue weighted by atomic mass is 17.2. The minimum absolute atomic E-state index is 0.00857. The van der Waals surface area contributed by atoms with Gasteiger partial charge in [-0.3, -0.25) is 0 Å². The smallest absolute Gasteiger partial charge is 0.343 e. The summed E-state index contributed by atoms with van der Waals surface area (Å²) in [5, 5.41) is 8.14. The lowest BCUT2D eigenvalue weighted by atomic mass is 10.1. The van der Waals surface area contributed by atoms with Gasteiger partial charge in [0, 0.05) is 12.2 Å². The van der Waals surface area contributed by atoms with Crippen LogP contribution < -0.4 is 19.1 Å². The molecule has 0 aliphatic carbocycles. The van der Waals surface area contributed by atoms with E-state index < -0.39 is 29.8 Å². The molecule has 0 unspecified atom stereocenters. The number of methoxy groups -OCH3 is 2. The molecule has 0 atom stereocenters. The van der Waals surface area contributed by atoms with E-state index in [0.717, 1.165) is 69.1 Å². The number of nitrogens with zero attached hydrogens (tertiary/aromatic N) is 2. The van der Waals surface area contributed by atoms with E-state index in [9.17, 15) is 24.0 Å². The maximum absolute atomic E-state index is 13.0. The molecule has 0 spiro atoms. The monoisotopic (exact) mass is 906 g/mol. The highest BCUT2D eigenvalue weighted by Gasteiger charge is 2.19. The first-order valence-electron chi connectivity index (χ1n) is 21.2. The van der Waals surface area contributed by atoms with Crippen LogP contribution in [0.1, 0.15) is 99.1 Å². The molecule has 4 rings (SSSR count). The van der Waals surface area contributed by atoms with Crippen LogP contribution in [0.4, 0.5) is 0 Å². The van der Waals surface area contributed by atoms with Gasteiger partial charge in [-0.25, -0.2) is 24.0 Å². The molecule has 0 amide bonds. The molecule has 0 N–H and O–H groups in total. The average Bonchev–Trinajstić information content (AvgIpc) is 3.34. The normalized spacial score (nSPS) is 10.8. The number of ether oxygens (including phenoxy) is 7. The highest BCUT2D eigenvalue weighted by molar-refractivity contribution is 5.98. The third kappa shape index (κ3) is 18.3. The van der Waals surface area contributed by atoms with Crippen molar-refractivity contribution in [2.24, 2.45) is 10.2 Å². The first-order valence-corrected chi connectivity index (χ1v) is 21.2. The lowest BCUT2D eigenvalue weighted by Crippen LogP contribution is -2.12. The van der Waals surface area contributed by atoms with Crippen LogP contribution >= 0.6 is 0 Å². The SMILES string of the molecule is C=CC(=O)OCCCCCCOc1ccc(COOc2ccc(C=NN=Cc3ccc(OC(=O)c4ccc(OCCCCCCOC(=O)C=C)cc4)c(C(=O)OC)c3)cc2C(=O)OC)cc1. The van der Waals surface area contributed by atoms with Crippen molar-refractivity contribution in [3.63, 3.8) is 0 Å². The van der Waals surface area contributed by atoms with Gasteiger partial charge in [0.1, 0.15) is 35.0 Å². The van der Waals surface area contributed by atoms with E-state index in [1.54, 1.807) is 36.4 Å². The molecule has 0 saturated carbocycles. The standard InChI is InChI=1S/C50H54N2O14/c1-5-46(53)62-29-13-9-7-11-27-60-40-21-15-36(16-22-40)35-64-66-45-26-18-38(32-43(45)50(57)59-4)34-52-51-33-37-17-25-44(42(31-37)49(56)58-3)65-48(55)39-19-23-41(24-20-39)61-28-12-8-10-14-30-63-47(54)6-2/h5-6,15-26,31-34H,1-2,7-14,27-30,35H2,3-4H3. The number of carbonyl (C=O) groups excluding carboxylic acids is 5. The number of esters is 5. The quantitative estimate of drug-likeness (QED) is 0.00733. The summed E-state index contributed by atoms with van der Waals surface area (Å²) in [4.78, 5) is 71.4. The van der Waals surface area contributed by atoms with Gasteiger partial charge in [0.15, 0.2) is 5.75 Å². The second-order valence-corrected chi connectivity index (χ2v) is 14.2. The van der Waals surface area contributed by atoms with Crippen LogP contribution in [0.25, 0.3) is 0 Å². The van der Waals surface area contributed by atoms with Gasteiger partial charge in [-0.05, 0) is 141 Å². The zero-order valence-corrected chi connectivity index (χ0v) is 37.1. The van der Waals surface area contributed by atoms with E-state index in [0.29, 0.717) is 49.1 Å². The Morgan fingerprint density at radius 2 is 0.985 bits per heavy atom. The molecule has 0 aromatic heterocycles. The Hall–Kier alpha value is -7.59. The van der Waals surface area contributed by atoms with Crippen molar-refractivity contribution in [1.82, 2.24) is 0 Å². The van der Waals surface area contributed by atoms with Crippen molar-refractivity contribution in [1.29, 1.82) is 0 Å². The third-order valence-electron chi connectivity index (χ3n) is 9.33. The predicted octanol–water partition coefficient (Wildman–Crippen LogP) is 8.78. The van der Waals surface area contributed by atoms with Crippen LogP contribution in [0, 0.1) is 0 Å². The van der Waals surface area contributed by atoms with Gasteiger partial charge in [0.2, 0.25) is 0 Å². The molecular weight excluding hydrogens is 853 g/mol. The Labute approximate surface area is 383 Å². The minimum atomic E-state index is -0.732. The zero-order chi connectivity index (χ0) is 47.4. The Kier molecular flexibility index (Phi) is 22.4. The van der Waals surface area contributed by atoms with Crippen LogP contribution in [0.5, 0.6) is 23.0 Å². The Balaban J connectivity index is 1.24. The molecule has 16 heteroatoms. The van der Waals surface area contributed by atoms with Gasteiger partial charge in [-0.2, -0.15) is 15.1 Å². The molecule has 0 saturated heterocycles. The van der Waals surface area contributed by atoms with E-state index in [2.05, 4.69) is 23.4 Å². The zero-order valence-electron chi connectivity index (χ0n) is 37.1. The van der Waals surface area contributed by atoms with E-state index in [-0.39, 0.29) is 34.8 Å². The topological polar surface area (TPSA) is 193 Å². The Bertz CT molecular complexity index is 2290. The fourth-order valence-corrected chi connectivity index (χ4v) is 5.80. The molecule has 348 valence electrons. The van der Waals surface area contributed by atoms with Gasteiger partial charge in [-0.15, -0.1) is 0 Å². The predicted molar refractivity (Wildman–Crippen MR) is 244 cm³/mol. The number of unbranched alkanes of at least 4 members (excludes halogenated alkanes) is 6. The van der Waals surface area contributed by atoms with Crippen molar-refractivity contribution in [3.8, 4) is 23.0 Å². The third-order valence-corrected chi connectivity index (χ3v) is 9.33. The molecule has 0 bridgehead atoms. The minimum Gasteiger partial charge on any atom is -0.494 e. The summed E-state index contributed by atoms with van der Waals surface area (Å²) in [5.41, 5.74) is 2.09. The molecule has 0 aliphatic heterocycles. The van der Waals surface area contributed by atoms with Gasteiger partial charge >= 0.3 is 29.8 Å². The highest BCUT2D eigenvalue weighted by Crippen LogP contribution is 2.24. The summed E-state index contributed by atoms with van der Waals surface area (Å²) in [6.45, 7) is 8.60. The summed E-state index contributed by atoms with van der Waals surface area (Å²) < 4.78 is 36.9. The van der Waals surface area contributed by atoms with Crippen molar-refractivity contribution in [2.75, 3.05) is 40.6 Å². The largest absolute Gasteiger partial charge is 0.494 e. The number of rotatable bonds is 29. The Morgan fingerprint density at radius 1 is 0.530 bits per heavy atom. The maximum atomic E-state index is 13.0. The molecular formula is C50H54N2O14. The molecule has 4 aromatic carbocycles. The van der Waals surface area contributed by atoms with Crippen LogP contribution in [0.3, 0.4) is 0 Å². The lowest BCUT2D eigenvalue weighted by molar-refractivity contribution is -0.217. The summed E-state index contributed by atoms with van der Waals surface area (Å²) >= 11 is 0. The fraction of sp³-hybridized carbons (Fsp3) is 0.300. The molecule has 0 heterocycles. The van der Waals surface area contributed by atoms with Gasteiger partial charge in [-0.1, -0.05) is 25.3 Å². The molecule has 0 radical (unpaired) electrons. The lowest BCUT2D eigenvalue weighted by Gasteiger charge is -2.10. The fourth-order valence-electron chi connectivity index (χ4n) is 5.80. The van der Waals surface area contributed by atoms with Gasteiger partial charge in [0.25, 0.3) is 0 Å². The maximum Gasteiger partial charge on any atom is 0.343 e. The summed E-state index contributed by atoms with van der Waals surface area (Å²) in [5.74, 6) is -1.51. The first-order chi connectivity index (χ1) is 32.1. The van der Waals surface area contributed by atoms with E-state index in [4.69, 9.17) is 42.9 Å². The summed E-state index contributed by atoms with van der Waals surface area (Å²) in [6.07, 6.45) is 12.0. The molecule has 4 aromatic rings. The molecule has 16 nitrogen and oxygen atoms in total. The van der Waals surface area contributed by atoms with Gasteiger partial charge in [0.05, 0.1) is 58.6 Å². The Morgan fingerprint density at radius 3 is 1.47 bits per heavy atom. The number of hydrogen-bond donors (Lipinski definition) is 0. The van der Waals surface area contributed by atoms with Crippen LogP contribution in [0.2, 0.25) is 0 Å². The second-order valence-electron chi connectivity index (χ2n) is 14.2. The van der Waals surface area contributed by atoms with E-state index >= 15 is 0 Å². The summed E-state index contributed by atoms with van der Waals surface area (Å²) in [6, 6.07) is 22.9. The number of hydrogen-bond acceptors (Lipinski definition) is 16. The van der Waals surface area contributed by atoms with Gasteiger partial charge < -0.3 is 38.0 Å².